The van der Waals surface area contributed by atoms with Gasteiger partial charge in [-0.1, -0.05) is 97.8 Å². The maximum absolute atomic E-state index is 4.30. The van der Waals surface area contributed by atoms with E-state index in [2.05, 4.69) is 36.0 Å². The second-order valence-electron chi connectivity index (χ2n) is 7.36. The fraction of sp³-hybridized carbons (Fsp3) is 0.895. The zero-order valence-electron chi connectivity index (χ0n) is 15.2. The van der Waals surface area contributed by atoms with Gasteiger partial charge < -0.3 is 0 Å². The fourth-order valence-electron chi connectivity index (χ4n) is 3.06. The lowest BCUT2D eigenvalue weighted by Gasteiger charge is -2.21. The first kappa shape index (κ1) is 19.2. The summed E-state index contributed by atoms with van der Waals surface area (Å²) in [5, 5.41) is 6.97. The minimum atomic E-state index is 0.134. The molecule has 0 aromatic carbocycles. The van der Waals surface area contributed by atoms with E-state index >= 15 is 0 Å². The number of aromatic nitrogens is 3. The number of nitrogens with one attached hydrogen (secondary N) is 1. The van der Waals surface area contributed by atoms with Crippen molar-refractivity contribution in [3.05, 3.63) is 12.2 Å². The predicted molar refractivity (Wildman–Crippen MR) is 95.1 cm³/mol. The van der Waals surface area contributed by atoms with Crippen molar-refractivity contribution in [1.82, 2.24) is 15.2 Å². The minimum absolute atomic E-state index is 0.134. The Hall–Kier alpha value is -0.860. The monoisotopic (exact) mass is 307 g/mol. The SMILES string of the molecule is CCCCCCCCCCCCCCC(C)(C)c1ncn[nH]1. The lowest BCUT2D eigenvalue weighted by atomic mass is 9.86. The summed E-state index contributed by atoms with van der Waals surface area (Å²) in [5.74, 6) is 1.02. The van der Waals surface area contributed by atoms with Gasteiger partial charge in [-0.15, -0.1) is 0 Å². The van der Waals surface area contributed by atoms with Crippen LogP contribution in [0.5, 0.6) is 0 Å². The van der Waals surface area contributed by atoms with Gasteiger partial charge in [0.05, 0.1) is 0 Å². The number of hydrogen-bond acceptors (Lipinski definition) is 2. The van der Waals surface area contributed by atoms with E-state index in [4.69, 9.17) is 0 Å². The normalized spacial score (nSPS) is 12.0. The molecule has 0 amide bonds. The van der Waals surface area contributed by atoms with Crippen LogP contribution >= 0.6 is 0 Å². The molecule has 0 aliphatic carbocycles. The Kier molecular flexibility index (Phi) is 10.2. The summed E-state index contributed by atoms with van der Waals surface area (Å²) in [7, 11) is 0. The molecule has 0 fully saturated rings. The zero-order valence-corrected chi connectivity index (χ0v) is 15.2. The van der Waals surface area contributed by atoms with E-state index in [1.165, 1.54) is 83.5 Å². The molecule has 3 nitrogen and oxygen atoms in total. The molecule has 0 spiro atoms. The molecule has 0 saturated heterocycles. The number of hydrogen-bond donors (Lipinski definition) is 1. The van der Waals surface area contributed by atoms with E-state index in [9.17, 15) is 0 Å². The molecule has 0 saturated carbocycles. The van der Waals surface area contributed by atoms with Gasteiger partial charge in [0, 0.05) is 5.41 Å². The summed E-state index contributed by atoms with van der Waals surface area (Å²) in [4.78, 5) is 4.30. The molecule has 0 aliphatic heterocycles. The van der Waals surface area contributed by atoms with Gasteiger partial charge in [0.25, 0.3) is 0 Å². The second-order valence-corrected chi connectivity index (χ2v) is 7.36. The summed E-state index contributed by atoms with van der Waals surface area (Å²) in [6.07, 6.45) is 19.7. The Bertz CT molecular complexity index is 344. The van der Waals surface area contributed by atoms with Gasteiger partial charge in [-0.3, -0.25) is 5.10 Å². The first-order chi connectivity index (χ1) is 10.7. The van der Waals surface area contributed by atoms with Crippen LogP contribution in [-0.4, -0.2) is 15.2 Å². The van der Waals surface area contributed by atoms with E-state index in [0.29, 0.717) is 0 Å². The van der Waals surface area contributed by atoms with Crippen LogP contribution in [0.1, 0.15) is 110 Å². The van der Waals surface area contributed by atoms with Crippen molar-refractivity contribution in [2.45, 2.75) is 110 Å². The Balaban J connectivity index is 1.88. The van der Waals surface area contributed by atoms with E-state index in [1.54, 1.807) is 6.33 Å². The first-order valence-corrected chi connectivity index (χ1v) is 9.52. The fourth-order valence-corrected chi connectivity index (χ4v) is 3.06. The molecule has 1 N–H and O–H groups in total. The molecule has 22 heavy (non-hydrogen) atoms. The topological polar surface area (TPSA) is 41.6 Å². The molecular formula is C19H37N3. The van der Waals surface area contributed by atoms with Gasteiger partial charge >= 0.3 is 0 Å². The molecule has 0 atom stereocenters. The average molecular weight is 308 g/mol. The first-order valence-electron chi connectivity index (χ1n) is 9.52. The van der Waals surface area contributed by atoms with Crippen molar-refractivity contribution < 1.29 is 0 Å². The summed E-state index contributed by atoms with van der Waals surface area (Å²) in [6, 6.07) is 0. The summed E-state index contributed by atoms with van der Waals surface area (Å²) in [5.41, 5.74) is 0.134. The quantitative estimate of drug-likeness (QED) is 0.417. The third-order valence-corrected chi connectivity index (χ3v) is 4.71. The summed E-state index contributed by atoms with van der Waals surface area (Å²) in [6.45, 7) is 6.80. The molecular weight excluding hydrogens is 270 g/mol. The number of nitrogens with zero attached hydrogens (tertiary/aromatic N) is 2. The Morgan fingerprint density at radius 3 is 1.77 bits per heavy atom. The largest absolute Gasteiger partial charge is 0.263 e. The van der Waals surface area contributed by atoms with Gasteiger partial charge in [0.15, 0.2) is 0 Å². The Morgan fingerprint density at radius 2 is 1.32 bits per heavy atom. The third-order valence-electron chi connectivity index (χ3n) is 4.71. The van der Waals surface area contributed by atoms with Crippen LogP contribution in [0.25, 0.3) is 0 Å². The van der Waals surface area contributed by atoms with Gasteiger partial charge in [0.2, 0.25) is 0 Å². The number of H-pyrrole nitrogens is 1. The molecule has 1 aromatic rings. The number of unbranched alkanes of at least 4 members (excludes halogenated alkanes) is 11. The van der Waals surface area contributed by atoms with E-state index < -0.39 is 0 Å². The predicted octanol–water partition coefficient (Wildman–Crippen LogP) is 6.17. The van der Waals surface area contributed by atoms with Crippen molar-refractivity contribution in [3.8, 4) is 0 Å². The van der Waals surface area contributed by atoms with Crippen LogP contribution in [0.4, 0.5) is 0 Å². The van der Waals surface area contributed by atoms with Crippen LogP contribution in [0.2, 0.25) is 0 Å². The number of rotatable bonds is 14. The molecule has 1 aromatic heterocycles. The van der Waals surface area contributed by atoms with Crippen LogP contribution in [0, 0.1) is 0 Å². The van der Waals surface area contributed by atoms with Crippen LogP contribution in [0.3, 0.4) is 0 Å². The average Bonchev–Trinajstić information content (AvgIpc) is 3.03. The third kappa shape index (κ3) is 8.55. The lowest BCUT2D eigenvalue weighted by molar-refractivity contribution is 0.420. The smallest absolute Gasteiger partial charge is 0.137 e. The molecule has 1 rings (SSSR count). The minimum Gasteiger partial charge on any atom is -0.263 e. The molecule has 1 heterocycles. The Labute approximate surface area is 137 Å². The molecule has 128 valence electrons. The molecule has 0 bridgehead atoms. The van der Waals surface area contributed by atoms with E-state index in [-0.39, 0.29) is 5.41 Å². The summed E-state index contributed by atoms with van der Waals surface area (Å²) < 4.78 is 0. The van der Waals surface area contributed by atoms with E-state index in [1.807, 2.05) is 0 Å². The lowest BCUT2D eigenvalue weighted by Crippen LogP contribution is -2.19. The van der Waals surface area contributed by atoms with Crippen molar-refractivity contribution in [2.24, 2.45) is 0 Å². The Morgan fingerprint density at radius 1 is 0.818 bits per heavy atom. The number of aromatic amines is 1. The van der Waals surface area contributed by atoms with Crippen molar-refractivity contribution in [2.75, 3.05) is 0 Å². The molecule has 0 unspecified atom stereocenters. The molecule has 3 heteroatoms. The highest BCUT2D eigenvalue weighted by Gasteiger charge is 2.22. The second kappa shape index (κ2) is 11.7. The zero-order chi connectivity index (χ0) is 16.1. The standard InChI is InChI=1S/C19H37N3/c1-4-5-6-7-8-9-10-11-12-13-14-15-16-19(2,3)18-20-17-21-22-18/h17H,4-16H2,1-3H3,(H,20,21,22). The maximum atomic E-state index is 4.30. The van der Waals surface area contributed by atoms with Gasteiger partial charge in [0.1, 0.15) is 12.2 Å². The highest BCUT2D eigenvalue weighted by atomic mass is 15.2. The highest BCUT2D eigenvalue weighted by Crippen LogP contribution is 2.26. The molecule has 0 aliphatic rings. The van der Waals surface area contributed by atoms with Gasteiger partial charge in [-0.2, -0.15) is 5.10 Å². The van der Waals surface area contributed by atoms with Crippen molar-refractivity contribution >= 4 is 0 Å². The van der Waals surface area contributed by atoms with E-state index in [0.717, 1.165) is 5.82 Å². The van der Waals surface area contributed by atoms with Crippen molar-refractivity contribution in [1.29, 1.82) is 0 Å². The van der Waals surface area contributed by atoms with Gasteiger partial charge in [-0.25, -0.2) is 4.98 Å². The van der Waals surface area contributed by atoms with Crippen LogP contribution in [0.15, 0.2) is 6.33 Å². The van der Waals surface area contributed by atoms with Crippen LogP contribution in [-0.2, 0) is 5.41 Å². The summed E-state index contributed by atoms with van der Waals surface area (Å²) >= 11 is 0. The highest BCUT2D eigenvalue weighted by molar-refractivity contribution is 5.00. The maximum Gasteiger partial charge on any atom is 0.137 e. The van der Waals surface area contributed by atoms with Crippen LogP contribution < -0.4 is 0 Å². The van der Waals surface area contributed by atoms with Gasteiger partial charge in [-0.05, 0) is 6.42 Å². The molecule has 0 radical (unpaired) electrons. The van der Waals surface area contributed by atoms with Crippen molar-refractivity contribution in [3.63, 3.8) is 0 Å².